The molecule has 1 heterocycles. The van der Waals surface area contributed by atoms with E-state index < -0.39 is 0 Å². The predicted octanol–water partition coefficient (Wildman–Crippen LogP) is 4.61. The van der Waals surface area contributed by atoms with Gasteiger partial charge in [0.15, 0.2) is 0 Å². The monoisotopic (exact) mass is 357 g/mol. The van der Waals surface area contributed by atoms with Crippen LogP contribution in [0.4, 0.5) is 5.69 Å². The van der Waals surface area contributed by atoms with E-state index in [2.05, 4.69) is 26.0 Å². The van der Waals surface area contributed by atoms with Crippen LogP contribution in [0.1, 0.15) is 36.3 Å². The third-order valence-corrected chi connectivity index (χ3v) is 5.60. The molecule has 1 fully saturated rings. The van der Waals surface area contributed by atoms with Crippen LogP contribution in [0.15, 0.2) is 42.5 Å². The van der Waals surface area contributed by atoms with Gasteiger partial charge in [0.2, 0.25) is 5.91 Å². The highest BCUT2D eigenvalue weighted by Crippen LogP contribution is 2.45. The topological polar surface area (TPSA) is 38.8 Å². The highest BCUT2D eigenvalue weighted by atomic mass is 32.2. The Balaban J connectivity index is 2.00. The minimum atomic E-state index is -0.123. The minimum absolute atomic E-state index is 0.108. The minimum Gasteiger partial charge on any atom is -0.497 e. The summed E-state index contributed by atoms with van der Waals surface area (Å²) >= 11 is 1.61. The van der Waals surface area contributed by atoms with Crippen LogP contribution in [-0.2, 0) is 4.79 Å². The van der Waals surface area contributed by atoms with Gasteiger partial charge in [-0.05, 0) is 41.8 Å². The largest absolute Gasteiger partial charge is 0.497 e. The number of ether oxygens (including phenoxy) is 2. The average Bonchev–Trinajstić information content (AvgIpc) is 3.02. The number of benzene rings is 2. The molecule has 0 spiro atoms. The van der Waals surface area contributed by atoms with Crippen molar-refractivity contribution in [1.82, 2.24) is 0 Å². The van der Waals surface area contributed by atoms with Gasteiger partial charge in [0.25, 0.3) is 0 Å². The quantitative estimate of drug-likeness (QED) is 0.783. The van der Waals surface area contributed by atoms with E-state index in [0.29, 0.717) is 11.7 Å². The van der Waals surface area contributed by atoms with Gasteiger partial charge < -0.3 is 9.47 Å². The van der Waals surface area contributed by atoms with Crippen LogP contribution in [0.25, 0.3) is 0 Å². The van der Waals surface area contributed by atoms with E-state index in [1.807, 2.05) is 35.2 Å². The first kappa shape index (κ1) is 17.7. The highest BCUT2D eigenvalue weighted by molar-refractivity contribution is 8.00. The Morgan fingerprint density at radius 2 is 1.80 bits per heavy atom. The second-order valence-corrected chi connectivity index (χ2v) is 7.35. The summed E-state index contributed by atoms with van der Waals surface area (Å²) in [6.07, 6.45) is 0. The van der Waals surface area contributed by atoms with E-state index in [1.54, 1.807) is 26.0 Å². The number of carbonyl (C=O) groups is 1. The van der Waals surface area contributed by atoms with Crippen LogP contribution < -0.4 is 14.4 Å². The number of amides is 1. The lowest BCUT2D eigenvalue weighted by Crippen LogP contribution is -2.28. The van der Waals surface area contributed by atoms with Gasteiger partial charge in [-0.2, -0.15) is 0 Å². The third kappa shape index (κ3) is 3.47. The Morgan fingerprint density at radius 3 is 2.40 bits per heavy atom. The summed E-state index contributed by atoms with van der Waals surface area (Å²) in [6, 6.07) is 13.9. The van der Waals surface area contributed by atoms with Gasteiger partial charge in [-0.15, -0.1) is 11.8 Å². The second kappa shape index (κ2) is 7.40. The van der Waals surface area contributed by atoms with E-state index in [-0.39, 0.29) is 11.3 Å². The molecule has 1 aliphatic heterocycles. The predicted molar refractivity (Wildman–Crippen MR) is 103 cm³/mol. The summed E-state index contributed by atoms with van der Waals surface area (Å²) in [5.41, 5.74) is 3.12. The lowest BCUT2D eigenvalue weighted by molar-refractivity contribution is -0.115. The molecule has 2 aromatic carbocycles. The van der Waals surface area contributed by atoms with Crippen molar-refractivity contribution >= 4 is 23.4 Å². The molecule has 5 heteroatoms. The van der Waals surface area contributed by atoms with E-state index in [1.165, 1.54) is 5.56 Å². The number of hydrogen-bond acceptors (Lipinski definition) is 4. The van der Waals surface area contributed by atoms with Gasteiger partial charge in [-0.25, -0.2) is 0 Å². The first-order valence-corrected chi connectivity index (χ1v) is 9.35. The number of anilines is 1. The van der Waals surface area contributed by atoms with Crippen molar-refractivity contribution in [2.24, 2.45) is 0 Å². The standard InChI is InChI=1S/C20H23NO3S/c1-13(2)14-5-7-15(8-6-14)21-19(22)12-25-20(21)17-11-16(23-3)9-10-18(17)24-4/h5-11,13,20H,12H2,1-4H3/t20-/m0/s1. The first-order chi connectivity index (χ1) is 12.0. The number of nitrogens with zero attached hydrogens (tertiary/aromatic N) is 1. The molecule has 1 atom stereocenters. The molecular formula is C20H23NO3S. The number of hydrogen-bond donors (Lipinski definition) is 0. The smallest absolute Gasteiger partial charge is 0.238 e. The molecular weight excluding hydrogens is 334 g/mol. The van der Waals surface area contributed by atoms with Gasteiger partial charge in [0.05, 0.1) is 20.0 Å². The van der Waals surface area contributed by atoms with E-state index in [0.717, 1.165) is 22.7 Å². The molecule has 132 valence electrons. The van der Waals surface area contributed by atoms with Gasteiger partial charge in [-0.1, -0.05) is 26.0 Å². The fourth-order valence-corrected chi connectivity index (χ4v) is 4.18. The first-order valence-electron chi connectivity index (χ1n) is 8.30. The normalized spacial score (nSPS) is 17.2. The summed E-state index contributed by atoms with van der Waals surface area (Å²) in [5, 5.41) is -0.123. The number of carbonyl (C=O) groups excluding carboxylic acids is 1. The Kier molecular flexibility index (Phi) is 5.23. The van der Waals surface area contributed by atoms with E-state index >= 15 is 0 Å². The van der Waals surface area contributed by atoms with Crippen molar-refractivity contribution in [2.75, 3.05) is 24.9 Å². The molecule has 0 N–H and O–H groups in total. The molecule has 1 aliphatic rings. The van der Waals surface area contributed by atoms with Crippen LogP contribution in [0.5, 0.6) is 11.5 Å². The zero-order valence-corrected chi connectivity index (χ0v) is 15.8. The zero-order valence-electron chi connectivity index (χ0n) is 15.0. The number of rotatable bonds is 5. The summed E-state index contributed by atoms with van der Waals surface area (Å²) in [4.78, 5) is 14.4. The van der Waals surface area contributed by atoms with Crippen molar-refractivity contribution in [3.63, 3.8) is 0 Å². The van der Waals surface area contributed by atoms with Crippen LogP contribution in [0, 0.1) is 0 Å². The Morgan fingerprint density at radius 1 is 1.08 bits per heavy atom. The van der Waals surface area contributed by atoms with Crippen molar-refractivity contribution in [3.8, 4) is 11.5 Å². The maximum Gasteiger partial charge on any atom is 0.238 e. The molecule has 0 unspecified atom stereocenters. The Labute approximate surface area is 153 Å². The zero-order chi connectivity index (χ0) is 18.0. The fourth-order valence-electron chi connectivity index (χ4n) is 2.99. The van der Waals surface area contributed by atoms with Gasteiger partial charge in [-0.3, -0.25) is 9.69 Å². The lowest BCUT2D eigenvalue weighted by atomic mass is 10.0. The number of thioether (sulfide) groups is 1. The molecule has 0 bridgehead atoms. The molecule has 1 amide bonds. The molecule has 0 aliphatic carbocycles. The summed E-state index contributed by atoms with van der Waals surface area (Å²) in [6.45, 7) is 4.32. The maximum absolute atomic E-state index is 12.6. The molecule has 0 saturated carbocycles. The van der Waals surface area contributed by atoms with Crippen LogP contribution in [0.3, 0.4) is 0 Å². The van der Waals surface area contributed by atoms with Gasteiger partial charge >= 0.3 is 0 Å². The lowest BCUT2D eigenvalue weighted by Gasteiger charge is -2.26. The average molecular weight is 357 g/mol. The fraction of sp³-hybridized carbons (Fsp3) is 0.350. The highest BCUT2D eigenvalue weighted by Gasteiger charge is 2.36. The Hall–Kier alpha value is -2.14. The number of methoxy groups -OCH3 is 2. The Bertz CT molecular complexity index is 758. The molecule has 25 heavy (non-hydrogen) atoms. The summed E-state index contributed by atoms with van der Waals surface area (Å²) in [7, 11) is 3.29. The van der Waals surface area contributed by atoms with Crippen LogP contribution >= 0.6 is 11.8 Å². The molecule has 3 rings (SSSR count). The van der Waals surface area contributed by atoms with Gasteiger partial charge in [0, 0.05) is 11.3 Å². The molecule has 0 aromatic heterocycles. The van der Waals surface area contributed by atoms with Crippen molar-refractivity contribution < 1.29 is 14.3 Å². The SMILES string of the molecule is COc1ccc(OC)c([C@@H]2SCC(=O)N2c2ccc(C(C)C)cc2)c1. The van der Waals surface area contributed by atoms with Crippen molar-refractivity contribution in [2.45, 2.75) is 25.1 Å². The molecule has 1 saturated heterocycles. The molecule has 4 nitrogen and oxygen atoms in total. The maximum atomic E-state index is 12.6. The third-order valence-electron chi connectivity index (χ3n) is 4.41. The van der Waals surface area contributed by atoms with Crippen molar-refractivity contribution in [1.29, 1.82) is 0 Å². The molecule has 2 aromatic rings. The van der Waals surface area contributed by atoms with Crippen LogP contribution in [0.2, 0.25) is 0 Å². The van der Waals surface area contributed by atoms with Gasteiger partial charge in [0.1, 0.15) is 16.9 Å². The van der Waals surface area contributed by atoms with Crippen molar-refractivity contribution in [3.05, 3.63) is 53.6 Å². The van der Waals surface area contributed by atoms with E-state index in [4.69, 9.17) is 9.47 Å². The summed E-state index contributed by atoms with van der Waals surface area (Å²) < 4.78 is 10.9. The van der Waals surface area contributed by atoms with E-state index in [9.17, 15) is 4.79 Å². The summed E-state index contributed by atoms with van der Waals surface area (Å²) in [5.74, 6) is 2.54. The van der Waals surface area contributed by atoms with Crippen LogP contribution in [-0.4, -0.2) is 25.9 Å². The molecule has 0 radical (unpaired) electrons. The second-order valence-electron chi connectivity index (χ2n) is 6.28.